The van der Waals surface area contributed by atoms with E-state index in [-0.39, 0.29) is 15.6 Å². The smallest absolute Gasteiger partial charge is 0.323 e. The van der Waals surface area contributed by atoms with Gasteiger partial charge >= 0.3 is 5.97 Å². The summed E-state index contributed by atoms with van der Waals surface area (Å²) in [5.41, 5.74) is 1.55. The van der Waals surface area contributed by atoms with Crippen molar-refractivity contribution < 1.29 is 19.5 Å². The minimum Gasteiger partial charge on any atom is -0.480 e. The number of carbonyl (C=O) groups is 3. The average Bonchev–Trinajstić information content (AvgIpc) is 3.11. The van der Waals surface area contributed by atoms with Crippen molar-refractivity contribution in [2.24, 2.45) is 4.99 Å². The second-order valence-electron chi connectivity index (χ2n) is 6.11. The van der Waals surface area contributed by atoms with Gasteiger partial charge in [0.25, 0.3) is 11.8 Å². The van der Waals surface area contributed by atoms with Gasteiger partial charge in [0.15, 0.2) is 5.17 Å². The van der Waals surface area contributed by atoms with Crippen LogP contribution >= 0.6 is 35.0 Å². The van der Waals surface area contributed by atoms with Gasteiger partial charge < -0.3 is 10.4 Å². The quantitative estimate of drug-likeness (QED) is 0.698. The third kappa shape index (κ3) is 3.74. The normalized spacial score (nSPS) is 19.7. The lowest BCUT2D eigenvalue weighted by Gasteiger charge is -2.13. The van der Waals surface area contributed by atoms with E-state index in [1.807, 2.05) is 0 Å². The lowest BCUT2D eigenvalue weighted by atomic mass is 10.1. The molecule has 2 aliphatic rings. The number of aliphatic imine (C=N–C) groups is 1. The van der Waals surface area contributed by atoms with Gasteiger partial charge in [-0.15, -0.1) is 0 Å². The number of hydrogen-bond donors (Lipinski definition) is 2. The molecule has 2 aromatic rings. The van der Waals surface area contributed by atoms with Crippen molar-refractivity contribution in [1.82, 2.24) is 5.32 Å². The molecule has 2 amide bonds. The first-order chi connectivity index (χ1) is 13.8. The van der Waals surface area contributed by atoms with Gasteiger partial charge in [0.1, 0.15) is 6.54 Å². The van der Waals surface area contributed by atoms with Crippen LogP contribution in [0.5, 0.6) is 0 Å². The van der Waals surface area contributed by atoms with E-state index in [2.05, 4.69) is 10.3 Å². The first-order valence-electron chi connectivity index (χ1n) is 8.25. The van der Waals surface area contributed by atoms with Crippen molar-refractivity contribution in [2.45, 2.75) is 0 Å². The van der Waals surface area contributed by atoms with Crippen LogP contribution in [0.3, 0.4) is 0 Å². The molecule has 0 aromatic heterocycles. The molecule has 0 radical (unpaired) electrons. The third-order valence-corrected chi connectivity index (χ3v) is 5.56. The Morgan fingerprint density at radius 3 is 2.52 bits per heavy atom. The molecule has 0 spiro atoms. The Balaban J connectivity index is 1.75. The fourth-order valence-corrected chi connectivity index (χ4v) is 4.50. The first kappa shape index (κ1) is 19.5. The highest BCUT2D eigenvalue weighted by Crippen LogP contribution is 2.42. The molecule has 0 saturated carbocycles. The van der Waals surface area contributed by atoms with Crippen LogP contribution in [0.15, 0.2) is 52.4 Å². The van der Waals surface area contributed by atoms with Crippen molar-refractivity contribution in [3.63, 3.8) is 0 Å². The predicted octanol–water partition coefficient (Wildman–Crippen LogP) is 3.69. The SMILES string of the molecule is O=C(O)CN1C(=O)/C(=C2/SC(=Nc3cc(Cl)cc(Cl)c3)NC2=O)c2ccccc21. The van der Waals surface area contributed by atoms with Crippen LogP contribution in [0.1, 0.15) is 5.56 Å². The zero-order chi connectivity index (χ0) is 20.7. The number of amides is 2. The van der Waals surface area contributed by atoms with Gasteiger partial charge in [0.2, 0.25) is 0 Å². The van der Waals surface area contributed by atoms with Crippen molar-refractivity contribution >= 4 is 74.9 Å². The number of carboxylic acids is 1. The molecule has 1 saturated heterocycles. The number of benzene rings is 2. The molecule has 2 heterocycles. The summed E-state index contributed by atoms with van der Waals surface area (Å²) in [4.78, 5) is 42.3. The summed E-state index contributed by atoms with van der Waals surface area (Å²) in [6.07, 6.45) is 0. The van der Waals surface area contributed by atoms with E-state index in [9.17, 15) is 14.4 Å². The van der Waals surface area contributed by atoms with E-state index in [4.69, 9.17) is 28.3 Å². The number of thioether (sulfide) groups is 1. The maximum atomic E-state index is 12.9. The van der Waals surface area contributed by atoms with E-state index >= 15 is 0 Å². The number of carbonyl (C=O) groups excluding carboxylic acids is 2. The maximum Gasteiger partial charge on any atom is 0.323 e. The standard InChI is InChI=1S/C19H11Cl2N3O4S/c20-9-5-10(21)7-11(6-9)22-19-23-17(27)16(29-19)15-12-3-1-2-4-13(12)24(18(15)28)8-14(25)26/h1-7H,8H2,(H,25,26)(H,22,23,27)/b16-15+. The fourth-order valence-electron chi connectivity index (χ4n) is 3.05. The zero-order valence-electron chi connectivity index (χ0n) is 14.5. The molecule has 2 N–H and O–H groups in total. The van der Waals surface area contributed by atoms with Crippen LogP contribution in [-0.4, -0.2) is 34.6 Å². The van der Waals surface area contributed by atoms with Crippen LogP contribution in [0, 0.1) is 0 Å². The minimum absolute atomic E-state index is 0.152. The highest BCUT2D eigenvalue weighted by atomic mass is 35.5. The highest BCUT2D eigenvalue weighted by molar-refractivity contribution is 8.18. The molecule has 7 nitrogen and oxygen atoms in total. The summed E-state index contributed by atoms with van der Waals surface area (Å²) in [6, 6.07) is 11.5. The van der Waals surface area contributed by atoms with Crippen LogP contribution in [0.2, 0.25) is 10.0 Å². The van der Waals surface area contributed by atoms with Gasteiger partial charge in [0.05, 0.1) is 21.9 Å². The van der Waals surface area contributed by atoms with Crippen LogP contribution in [-0.2, 0) is 14.4 Å². The number of nitrogens with one attached hydrogen (secondary N) is 1. The summed E-state index contributed by atoms with van der Waals surface area (Å²) in [5.74, 6) is -2.18. The molecule has 1 fully saturated rings. The second-order valence-corrected chi connectivity index (χ2v) is 7.98. The number of carboxylic acid groups (broad SMARTS) is 1. The van der Waals surface area contributed by atoms with E-state index in [1.54, 1.807) is 42.5 Å². The average molecular weight is 448 g/mol. The number of hydrogen-bond acceptors (Lipinski definition) is 5. The van der Waals surface area contributed by atoms with Crippen LogP contribution in [0.4, 0.5) is 11.4 Å². The van der Waals surface area contributed by atoms with Crippen molar-refractivity contribution in [3.05, 3.63) is 63.0 Å². The molecule has 29 heavy (non-hydrogen) atoms. The lowest BCUT2D eigenvalue weighted by molar-refractivity contribution is -0.136. The Morgan fingerprint density at radius 2 is 1.83 bits per heavy atom. The van der Waals surface area contributed by atoms with E-state index in [0.29, 0.717) is 27.0 Å². The highest BCUT2D eigenvalue weighted by Gasteiger charge is 2.39. The Labute approximate surface area is 179 Å². The molecule has 0 bridgehead atoms. The van der Waals surface area contributed by atoms with Gasteiger partial charge in [-0.1, -0.05) is 41.4 Å². The number of anilines is 1. The number of nitrogens with zero attached hydrogens (tertiary/aromatic N) is 2. The van der Waals surface area contributed by atoms with E-state index in [0.717, 1.165) is 16.7 Å². The van der Waals surface area contributed by atoms with Crippen LogP contribution < -0.4 is 10.2 Å². The summed E-state index contributed by atoms with van der Waals surface area (Å²) in [7, 11) is 0. The van der Waals surface area contributed by atoms with Gasteiger partial charge in [-0.3, -0.25) is 19.3 Å². The molecule has 2 aromatic carbocycles. The number of aliphatic carboxylic acids is 1. The van der Waals surface area contributed by atoms with E-state index < -0.39 is 24.3 Å². The minimum atomic E-state index is -1.15. The van der Waals surface area contributed by atoms with Gasteiger partial charge in [-0.25, -0.2) is 4.99 Å². The summed E-state index contributed by atoms with van der Waals surface area (Å²) in [5, 5.41) is 12.8. The number of rotatable bonds is 3. The number of amidine groups is 1. The number of halogens is 2. The van der Waals surface area contributed by atoms with Gasteiger partial charge in [-0.05, 0) is 36.0 Å². The predicted molar refractivity (Wildman–Crippen MR) is 113 cm³/mol. The lowest BCUT2D eigenvalue weighted by Crippen LogP contribution is -2.32. The summed E-state index contributed by atoms with van der Waals surface area (Å²) in [6.45, 7) is -0.499. The first-order valence-corrected chi connectivity index (χ1v) is 9.82. The molecule has 0 unspecified atom stereocenters. The van der Waals surface area contributed by atoms with Gasteiger partial charge in [-0.2, -0.15) is 0 Å². The molecule has 2 aliphatic heterocycles. The zero-order valence-corrected chi connectivity index (χ0v) is 16.8. The molecule has 146 valence electrons. The van der Waals surface area contributed by atoms with Crippen LogP contribution in [0.25, 0.3) is 5.57 Å². The Kier molecular flexibility index (Phi) is 5.08. The van der Waals surface area contributed by atoms with Crippen molar-refractivity contribution in [1.29, 1.82) is 0 Å². The maximum absolute atomic E-state index is 12.9. The third-order valence-electron chi connectivity index (χ3n) is 4.15. The van der Waals surface area contributed by atoms with Crippen molar-refractivity contribution in [2.75, 3.05) is 11.4 Å². The summed E-state index contributed by atoms with van der Waals surface area (Å²) >= 11 is 12.9. The summed E-state index contributed by atoms with van der Waals surface area (Å²) < 4.78 is 0. The topological polar surface area (TPSA) is 99.1 Å². The molecule has 10 heteroatoms. The Morgan fingerprint density at radius 1 is 1.14 bits per heavy atom. The number of fused-ring (bicyclic) bond motifs is 1. The largest absolute Gasteiger partial charge is 0.480 e. The Hall–Kier alpha value is -2.81. The molecule has 0 atom stereocenters. The van der Waals surface area contributed by atoms with Crippen molar-refractivity contribution in [3.8, 4) is 0 Å². The van der Waals surface area contributed by atoms with Gasteiger partial charge in [0, 0.05) is 15.6 Å². The second kappa shape index (κ2) is 7.55. The molecule has 0 aliphatic carbocycles. The molecule has 4 rings (SSSR count). The Bertz CT molecular complexity index is 1130. The fraction of sp³-hybridized carbons (Fsp3) is 0.0526. The van der Waals surface area contributed by atoms with E-state index in [1.165, 1.54) is 0 Å². The molecular formula is C19H11Cl2N3O4S. The number of para-hydroxylation sites is 1. The monoisotopic (exact) mass is 447 g/mol. The molecular weight excluding hydrogens is 437 g/mol.